The van der Waals surface area contributed by atoms with E-state index < -0.39 is 0 Å². The summed E-state index contributed by atoms with van der Waals surface area (Å²) in [6, 6.07) is 7.64. The molecule has 76 valence electrons. The van der Waals surface area contributed by atoms with Gasteiger partial charge in [0.1, 0.15) is 6.29 Å². The van der Waals surface area contributed by atoms with Crippen molar-refractivity contribution in [2.24, 2.45) is 0 Å². The van der Waals surface area contributed by atoms with Crippen molar-refractivity contribution in [1.82, 2.24) is 4.98 Å². The van der Waals surface area contributed by atoms with Crippen LogP contribution in [-0.2, 0) is 0 Å². The Hall–Kier alpha value is -1.70. The largest absolute Gasteiger partial charge is 0.298 e. The van der Waals surface area contributed by atoms with Gasteiger partial charge in [-0.1, -0.05) is 13.8 Å². The SMILES string of the molecule is CC(C)c1cnc2ccc(C=O)cc2c1. The summed E-state index contributed by atoms with van der Waals surface area (Å²) in [7, 11) is 0. The van der Waals surface area contributed by atoms with Crippen LogP contribution in [-0.4, -0.2) is 11.3 Å². The van der Waals surface area contributed by atoms with E-state index in [1.54, 1.807) is 6.07 Å². The maximum atomic E-state index is 10.6. The molecule has 0 unspecified atom stereocenters. The highest BCUT2D eigenvalue weighted by atomic mass is 16.1. The summed E-state index contributed by atoms with van der Waals surface area (Å²) in [5, 5.41) is 1.03. The fraction of sp³-hybridized carbons (Fsp3) is 0.231. The molecule has 0 saturated heterocycles. The van der Waals surface area contributed by atoms with Crippen molar-refractivity contribution in [2.45, 2.75) is 19.8 Å². The first-order valence-corrected chi connectivity index (χ1v) is 5.05. The summed E-state index contributed by atoms with van der Waals surface area (Å²) in [4.78, 5) is 15.0. The van der Waals surface area contributed by atoms with Crippen LogP contribution in [0.5, 0.6) is 0 Å². The topological polar surface area (TPSA) is 30.0 Å². The predicted octanol–water partition coefficient (Wildman–Crippen LogP) is 3.17. The zero-order valence-corrected chi connectivity index (χ0v) is 8.90. The van der Waals surface area contributed by atoms with Gasteiger partial charge in [-0.15, -0.1) is 0 Å². The van der Waals surface area contributed by atoms with E-state index in [-0.39, 0.29) is 0 Å². The third kappa shape index (κ3) is 1.89. The second-order valence-electron chi connectivity index (χ2n) is 3.99. The van der Waals surface area contributed by atoms with Crippen LogP contribution in [0.2, 0.25) is 0 Å². The van der Waals surface area contributed by atoms with E-state index in [0.717, 1.165) is 17.2 Å². The summed E-state index contributed by atoms with van der Waals surface area (Å²) in [6.07, 6.45) is 2.76. The van der Waals surface area contributed by atoms with Gasteiger partial charge in [-0.05, 0) is 35.7 Å². The predicted molar refractivity (Wildman–Crippen MR) is 61.2 cm³/mol. The van der Waals surface area contributed by atoms with Crippen LogP contribution in [0.25, 0.3) is 10.9 Å². The molecule has 0 aliphatic heterocycles. The molecule has 0 aliphatic carbocycles. The molecule has 0 atom stereocenters. The van der Waals surface area contributed by atoms with Gasteiger partial charge in [-0.3, -0.25) is 9.78 Å². The van der Waals surface area contributed by atoms with Crippen molar-refractivity contribution < 1.29 is 4.79 Å². The first kappa shape index (κ1) is 9.84. The molecule has 0 amide bonds. The minimum Gasteiger partial charge on any atom is -0.298 e. The van der Waals surface area contributed by atoms with Gasteiger partial charge in [0.25, 0.3) is 0 Å². The molecule has 0 spiro atoms. The first-order valence-electron chi connectivity index (χ1n) is 5.05. The molecule has 1 aromatic heterocycles. The number of hydrogen-bond acceptors (Lipinski definition) is 2. The number of aromatic nitrogens is 1. The Balaban J connectivity index is 2.62. The Morgan fingerprint density at radius 1 is 1.27 bits per heavy atom. The molecule has 1 heterocycles. The smallest absolute Gasteiger partial charge is 0.150 e. The fourth-order valence-corrected chi connectivity index (χ4v) is 1.56. The van der Waals surface area contributed by atoms with Crippen molar-refractivity contribution in [3.05, 3.63) is 41.6 Å². The lowest BCUT2D eigenvalue weighted by molar-refractivity contribution is 0.112. The molecule has 0 saturated carbocycles. The van der Waals surface area contributed by atoms with Crippen molar-refractivity contribution in [3.8, 4) is 0 Å². The summed E-state index contributed by atoms with van der Waals surface area (Å²) >= 11 is 0. The molecular formula is C13H13NO. The van der Waals surface area contributed by atoms with Gasteiger partial charge in [-0.2, -0.15) is 0 Å². The summed E-state index contributed by atoms with van der Waals surface area (Å²) in [5.74, 6) is 0.460. The summed E-state index contributed by atoms with van der Waals surface area (Å²) < 4.78 is 0. The lowest BCUT2D eigenvalue weighted by Crippen LogP contribution is -1.90. The zero-order valence-electron chi connectivity index (χ0n) is 8.90. The van der Waals surface area contributed by atoms with Crippen LogP contribution in [0.1, 0.15) is 35.7 Å². The number of hydrogen-bond donors (Lipinski definition) is 0. The van der Waals surface area contributed by atoms with Crippen LogP contribution in [0.4, 0.5) is 0 Å². The van der Waals surface area contributed by atoms with Crippen LogP contribution in [0, 0.1) is 0 Å². The second-order valence-corrected chi connectivity index (χ2v) is 3.99. The van der Waals surface area contributed by atoms with Gasteiger partial charge in [-0.25, -0.2) is 0 Å². The van der Waals surface area contributed by atoms with E-state index in [2.05, 4.69) is 24.9 Å². The average molecular weight is 199 g/mol. The lowest BCUT2D eigenvalue weighted by Gasteiger charge is -2.06. The van der Waals surface area contributed by atoms with E-state index in [9.17, 15) is 4.79 Å². The Kier molecular flexibility index (Phi) is 2.50. The summed E-state index contributed by atoms with van der Waals surface area (Å²) in [5.41, 5.74) is 2.83. The highest BCUT2D eigenvalue weighted by Gasteiger charge is 2.02. The molecule has 2 heteroatoms. The third-order valence-electron chi connectivity index (χ3n) is 2.53. The van der Waals surface area contributed by atoms with Crippen molar-refractivity contribution in [3.63, 3.8) is 0 Å². The molecular weight excluding hydrogens is 186 g/mol. The number of rotatable bonds is 2. The van der Waals surface area contributed by atoms with E-state index in [1.807, 2.05) is 18.3 Å². The molecule has 2 rings (SSSR count). The Labute approximate surface area is 89.0 Å². The average Bonchev–Trinajstić information content (AvgIpc) is 2.27. The number of benzene rings is 1. The molecule has 0 N–H and O–H groups in total. The van der Waals surface area contributed by atoms with Gasteiger partial charge in [0.05, 0.1) is 5.52 Å². The standard InChI is InChI=1S/C13H13NO/c1-9(2)12-6-11-5-10(8-15)3-4-13(11)14-7-12/h3-9H,1-2H3. The summed E-state index contributed by atoms with van der Waals surface area (Å²) in [6.45, 7) is 4.26. The molecule has 0 bridgehead atoms. The van der Waals surface area contributed by atoms with E-state index in [1.165, 1.54) is 5.56 Å². The number of aldehydes is 1. The van der Waals surface area contributed by atoms with E-state index >= 15 is 0 Å². The number of nitrogens with zero attached hydrogens (tertiary/aromatic N) is 1. The van der Waals surface area contributed by atoms with Gasteiger partial charge in [0.15, 0.2) is 0 Å². The molecule has 0 radical (unpaired) electrons. The highest BCUT2D eigenvalue weighted by molar-refractivity contribution is 5.86. The van der Waals surface area contributed by atoms with Gasteiger partial charge < -0.3 is 0 Å². The molecule has 0 fully saturated rings. The number of pyridine rings is 1. The van der Waals surface area contributed by atoms with Crippen molar-refractivity contribution in [2.75, 3.05) is 0 Å². The fourth-order valence-electron chi connectivity index (χ4n) is 1.56. The monoisotopic (exact) mass is 199 g/mol. The van der Waals surface area contributed by atoms with Crippen LogP contribution < -0.4 is 0 Å². The zero-order chi connectivity index (χ0) is 10.8. The Bertz CT molecular complexity index is 503. The Morgan fingerprint density at radius 3 is 2.73 bits per heavy atom. The minimum absolute atomic E-state index is 0.460. The van der Waals surface area contributed by atoms with E-state index in [0.29, 0.717) is 11.5 Å². The third-order valence-corrected chi connectivity index (χ3v) is 2.53. The molecule has 2 aromatic rings. The number of carbonyl (C=O) groups excluding carboxylic acids is 1. The number of carbonyl (C=O) groups is 1. The number of fused-ring (bicyclic) bond motifs is 1. The van der Waals surface area contributed by atoms with Gasteiger partial charge >= 0.3 is 0 Å². The molecule has 0 aliphatic rings. The Morgan fingerprint density at radius 2 is 2.07 bits per heavy atom. The second kappa shape index (κ2) is 3.81. The quantitative estimate of drug-likeness (QED) is 0.695. The first-order chi connectivity index (χ1) is 7.20. The van der Waals surface area contributed by atoms with Gasteiger partial charge in [0.2, 0.25) is 0 Å². The lowest BCUT2D eigenvalue weighted by atomic mass is 10.0. The van der Waals surface area contributed by atoms with Gasteiger partial charge in [0, 0.05) is 17.1 Å². The van der Waals surface area contributed by atoms with Crippen molar-refractivity contribution >= 4 is 17.2 Å². The minimum atomic E-state index is 0.460. The van der Waals surface area contributed by atoms with Crippen LogP contribution in [0.3, 0.4) is 0 Å². The molecule has 1 aromatic carbocycles. The maximum absolute atomic E-state index is 10.6. The normalized spacial score (nSPS) is 10.9. The highest BCUT2D eigenvalue weighted by Crippen LogP contribution is 2.19. The van der Waals surface area contributed by atoms with Crippen molar-refractivity contribution in [1.29, 1.82) is 0 Å². The van der Waals surface area contributed by atoms with Crippen LogP contribution >= 0.6 is 0 Å². The molecule has 2 nitrogen and oxygen atoms in total. The van der Waals surface area contributed by atoms with E-state index in [4.69, 9.17) is 0 Å². The van der Waals surface area contributed by atoms with Crippen LogP contribution in [0.15, 0.2) is 30.5 Å². The maximum Gasteiger partial charge on any atom is 0.150 e. The molecule has 15 heavy (non-hydrogen) atoms.